The normalized spacial score (nSPS) is 18.9. The Hall–Kier alpha value is -0.950. The second-order valence-electron chi connectivity index (χ2n) is 5.05. The van der Waals surface area contributed by atoms with E-state index in [1.807, 2.05) is 6.07 Å². The van der Waals surface area contributed by atoms with Crippen molar-refractivity contribution in [3.63, 3.8) is 0 Å². The number of hydrogen-bond acceptors (Lipinski definition) is 4. The summed E-state index contributed by atoms with van der Waals surface area (Å²) in [5.41, 5.74) is 5.52. The summed E-state index contributed by atoms with van der Waals surface area (Å²) >= 11 is 0. The van der Waals surface area contributed by atoms with Gasteiger partial charge in [0.05, 0.1) is 4.90 Å². The molecule has 1 aromatic rings. The van der Waals surface area contributed by atoms with Crippen molar-refractivity contribution in [2.24, 2.45) is 5.73 Å². The lowest BCUT2D eigenvalue weighted by atomic mass is 10.3. The monoisotopic (exact) mass is 297 g/mol. The largest absolute Gasteiger partial charge is 0.330 e. The summed E-state index contributed by atoms with van der Waals surface area (Å²) < 4.78 is 26.7. The average Bonchev–Trinajstić information content (AvgIpc) is 2.72. The Labute approximate surface area is 121 Å². The second kappa shape index (κ2) is 7.17. The van der Waals surface area contributed by atoms with Gasteiger partial charge in [-0.05, 0) is 44.6 Å². The molecule has 0 atom stereocenters. The Bertz CT molecular complexity index is 504. The van der Waals surface area contributed by atoms with Gasteiger partial charge in [0.1, 0.15) is 0 Å². The molecule has 0 bridgehead atoms. The maximum Gasteiger partial charge on any atom is 0.243 e. The van der Waals surface area contributed by atoms with Crippen molar-refractivity contribution in [1.29, 1.82) is 0 Å². The average molecular weight is 297 g/mol. The van der Waals surface area contributed by atoms with E-state index in [9.17, 15) is 8.42 Å². The molecule has 0 unspecified atom stereocenters. The molecule has 112 valence electrons. The molecule has 0 radical (unpaired) electrons. The highest BCUT2D eigenvalue weighted by Gasteiger charge is 2.26. The van der Waals surface area contributed by atoms with Crippen molar-refractivity contribution < 1.29 is 8.42 Å². The van der Waals surface area contributed by atoms with Crippen LogP contribution in [-0.4, -0.2) is 56.9 Å². The van der Waals surface area contributed by atoms with Gasteiger partial charge in [-0.3, -0.25) is 0 Å². The molecule has 2 N–H and O–H groups in total. The van der Waals surface area contributed by atoms with E-state index >= 15 is 0 Å². The van der Waals surface area contributed by atoms with Crippen molar-refractivity contribution in [1.82, 2.24) is 9.21 Å². The van der Waals surface area contributed by atoms with Crippen LogP contribution in [0.1, 0.15) is 12.8 Å². The number of nitrogens with zero attached hydrogens (tertiary/aromatic N) is 2. The van der Waals surface area contributed by atoms with Crippen molar-refractivity contribution in [2.45, 2.75) is 17.7 Å². The molecule has 0 aromatic heterocycles. The smallest absolute Gasteiger partial charge is 0.243 e. The predicted octanol–water partition coefficient (Wildman–Crippen LogP) is 0.732. The van der Waals surface area contributed by atoms with Gasteiger partial charge in [0.25, 0.3) is 0 Å². The summed E-state index contributed by atoms with van der Waals surface area (Å²) in [5, 5.41) is 0. The molecule has 0 aliphatic carbocycles. The third kappa shape index (κ3) is 3.79. The first-order valence-electron chi connectivity index (χ1n) is 7.12. The maximum atomic E-state index is 12.5. The van der Waals surface area contributed by atoms with Crippen LogP contribution in [0.25, 0.3) is 0 Å². The summed E-state index contributed by atoms with van der Waals surface area (Å²) in [6, 6.07) is 8.67. The molecule has 1 aliphatic heterocycles. The SMILES string of the molecule is NCCCN1CCCN(S(=O)(=O)c2ccccc2)CC1. The zero-order chi connectivity index (χ0) is 14.4. The third-order valence-corrected chi connectivity index (χ3v) is 5.52. The van der Waals surface area contributed by atoms with Gasteiger partial charge in [0.15, 0.2) is 0 Å². The van der Waals surface area contributed by atoms with Gasteiger partial charge < -0.3 is 10.6 Å². The van der Waals surface area contributed by atoms with Gasteiger partial charge in [-0.2, -0.15) is 4.31 Å². The fourth-order valence-electron chi connectivity index (χ4n) is 2.47. The van der Waals surface area contributed by atoms with Crippen LogP contribution in [0.5, 0.6) is 0 Å². The Morgan fingerprint density at radius 1 is 1.05 bits per heavy atom. The topological polar surface area (TPSA) is 66.6 Å². The van der Waals surface area contributed by atoms with E-state index in [4.69, 9.17) is 5.73 Å². The molecule has 20 heavy (non-hydrogen) atoms. The van der Waals surface area contributed by atoms with Crippen LogP contribution >= 0.6 is 0 Å². The Balaban J connectivity index is 2.03. The number of rotatable bonds is 5. The molecule has 0 saturated carbocycles. The summed E-state index contributed by atoms with van der Waals surface area (Å²) in [7, 11) is -3.35. The van der Waals surface area contributed by atoms with Crippen molar-refractivity contribution in [3.8, 4) is 0 Å². The van der Waals surface area contributed by atoms with Gasteiger partial charge >= 0.3 is 0 Å². The quantitative estimate of drug-likeness (QED) is 0.870. The van der Waals surface area contributed by atoms with Gasteiger partial charge in [0, 0.05) is 19.6 Å². The molecule has 1 heterocycles. The van der Waals surface area contributed by atoms with E-state index in [-0.39, 0.29) is 0 Å². The van der Waals surface area contributed by atoms with E-state index in [2.05, 4.69) is 4.90 Å². The molecule has 1 saturated heterocycles. The van der Waals surface area contributed by atoms with E-state index in [0.29, 0.717) is 24.5 Å². The van der Waals surface area contributed by atoms with Crippen LogP contribution in [0, 0.1) is 0 Å². The van der Waals surface area contributed by atoms with Gasteiger partial charge in [-0.15, -0.1) is 0 Å². The highest BCUT2D eigenvalue weighted by Crippen LogP contribution is 2.17. The van der Waals surface area contributed by atoms with Gasteiger partial charge in [-0.25, -0.2) is 8.42 Å². The zero-order valence-corrected chi connectivity index (χ0v) is 12.6. The number of benzene rings is 1. The first-order valence-corrected chi connectivity index (χ1v) is 8.56. The molecule has 1 aliphatic rings. The van der Waals surface area contributed by atoms with Crippen LogP contribution in [0.2, 0.25) is 0 Å². The summed E-state index contributed by atoms with van der Waals surface area (Å²) in [6.07, 6.45) is 1.84. The summed E-state index contributed by atoms with van der Waals surface area (Å²) in [4.78, 5) is 2.68. The Kier molecular flexibility index (Phi) is 5.54. The van der Waals surface area contributed by atoms with Crippen LogP contribution < -0.4 is 5.73 Å². The molecule has 2 rings (SSSR count). The number of sulfonamides is 1. The first kappa shape index (κ1) is 15.4. The fraction of sp³-hybridized carbons (Fsp3) is 0.571. The predicted molar refractivity (Wildman–Crippen MR) is 79.9 cm³/mol. The Morgan fingerprint density at radius 2 is 1.80 bits per heavy atom. The lowest BCUT2D eigenvalue weighted by molar-refractivity contribution is 0.284. The molecule has 1 fully saturated rings. The van der Waals surface area contributed by atoms with Crippen molar-refractivity contribution in [2.75, 3.05) is 39.3 Å². The van der Waals surface area contributed by atoms with Gasteiger partial charge in [0.2, 0.25) is 10.0 Å². The second-order valence-corrected chi connectivity index (χ2v) is 6.99. The minimum atomic E-state index is -3.35. The maximum absolute atomic E-state index is 12.5. The van der Waals surface area contributed by atoms with Crippen LogP contribution in [0.4, 0.5) is 0 Å². The molecule has 0 amide bonds. The van der Waals surface area contributed by atoms with Crippen molar-refractivity contribution in [3.05, 3.63) is 30.3 Å². The fourth-order valence-corrected chi connectivity index (χ4v) is 3.96. The summed E-state index contributed by atoms with van der Waals surface area (Å²) in [5.74, 6) is 0. The minimum Gasteiger partial charge on any atom is -0.330 e. The van der Waals surface area contributed by atoms with E-state index in [1.165, 1.54) is 0 Å². The van der Waals surface area contributed by atoms with Crippen LogP contribution in [0.15, 0.2) is 35.2 Å². The lowest BCUT2D eigenvalue weighted by Gasteiger charge is -2.21. The van der Waals surface area contributed by atoms with Crippen LogP contribution in [0.3, 0.4) is 0 Å². The molecular weight excluding hydrogens is 274 g/mol. The number of nitrogens with two attached hydrogens (primary N) is 1. The molecule has 5 nitrogen and oxygen atoms in total. The van der Waals surface area contributed by atoms with Gasteiger partial charge in [-0.1, -0.05) is 18.2 Å². The van der Waals surface area contributed by atoms with Crippen LogP contribution in [-0.2, 0) is 10.0 Å². The van der Waals surface area contributed by atoms with Crippen molar-refractivity contribution >= 4 is 10.0 Å². The van der Waals surface area contributed by atoms with E-state index < -0.39 is 10.0 Å². The minimum absolute atomic E-state index is 0.385. The lowest BCUT2D eigenvalue weighted by Crippen LogP contribution is -2.35. The summed E-state index contributed by atoms with van der Waals surface area (Å²) in [6.45, 7) is 4.52. The first-order chi connectivity index (χ1) is 9.64. The van der Waals surface area contributed by atoms with E-state index in [1.54, 1.807) is 28.6 Å². The standard InChI is InChI=1S/C14H23N3O2S/c15-8-4-9-16-10-5-11-17(13-12-16)20(18,19)14-6-2-1-3-7-14/h1-3,6-7H,4-5,8-13,15H2. The zero-order valence-electron chi connectivity index (χ0n) is 11.7. The number of hydrogen-bond donors (Lipinski definition) is 1. The third-order valence-electron chi connectivity index (χ3n) is 3.61. The molecule has 0 spiro atoms. The Morgan fingerprint density at radius 3 is 2.50 bits per heavy atom. The molecule has 1 aromatic carbocycles. The highest BCUT2D eigenvalue weighted by atomic mass is 32.2. The highest BCUT2D eigenvalue weighted by molar-refractivity contribution is 7.89. The molecule has 6 heteroatoms. The molecular formula is C14H23N3O2S. The van der Waals surface area contributed by atoms with E-state index in [0.717, 1.165) is 32.5 Å².